The van der Waals surface area contributed by atoms with Crippen molar-refractivity contribution >= 4 is 16.6 Å². The van der Waals surface area contributed by atoms with Gasteiger partial charge in [0.1, 0.15) is 5.76 Å². The van der Waals surface area contributed by atoms with Gasteiger partial charge in [0.15, 0.2) is 0 Å². The minimum absolute atomic E-state index is 0.809. The van der Waals surface area contributed by atoms with Crippen LogP contribution in [-0.2, 0) is 4.84 Å². The first-order valence-corrected chi connectivity index (χ1v) is 5.27. The standard InChI is InChI=1S/C12H13N3O/c1-8-10(7-15(2)16-8)9-3-5-13-11-4-6-14-12(9)11/h3-6,14H,7H2,1-2H3. The summed E-state index contributed by atoms with van der Waals surface area (Å²) in [4.78, 5) is 13.1. The Morgan fingerprint density at radius 1 is 1.44 bits per heavy atom. The first kappa shape index (κ1) is 9.42. The van der Waals surface area contributed by atoms with E-state index < -0.39 is 0 Å². The van der Waals surface area contributed by atoms with Crippen LogP contribution in [0.4, 0.5) is 0 Å². The second-order valence-corrected chi connectivity index (χ2v) is 4.01. The van der Waals surface area contributed by atoms with E-state index in [9.17, 15) is 0 Å². The lowest BCUT2D eigenvalue weighted by Gasteiger charge is -2.06. The number of aromatic nitrogens is 2. The molecule has 0 fully saturated rings. The highest BCUT2D eigenvalue weighted by molar-refractivity contribution is 5.90. The second-order valence-electron chi connectivity index (χ2n) is 4.01. The third-order valence-electron chi connectivity index (χ3n) is 2.87. The number of allylic oxidation sites excluding steroid dienone is 1. The number of nitrogens with one attached hydrogen (secondary N) is 1. The normalized spacial score (nSPS) is 17.1. The summed E-state index contributed by atoms with van der Waals surface area (Å²) >= 11 is 0. The number of nitrogens with zero attached hydrogens (tertiary/aromatic N) is 2. The number of pyridine rings is 1. The lowest BCUT2D eigenvalue weighted by molar-refractivity contribution is -0.0654. The summed E-state index contributed by atoms with van der Waals surface area (Å²) in [5.74, 6) is 0.963. The zero-order valence-corrected chi connectivity index (χ0v) is 9.32. The van der Waals surface area contributed by atoms with Crippen LogP contribution in [-0.4, -0.2) is 28.6 Å². The first-order chi connectivity index (χ1) is 7.75. The molecule has 0 unspecified atom stereocenters. The van der Waals surface area contributed by atoms with Gasteiger partial charge in [-0.05, 0) is 19.1 Å². The highest BCUT2D eigenvalue weighted by atomic mass is 16.7. The molecule has 4 nitrogen and oxygen atoms in total. The molecule has 82 valence electrons. The average molecular weight is 215 g/mol. The van der Waals surface area contributed by atoms with E-state index in [1.807, 2.05) is 43.6 Å². The zero-order valence-electron chi connectivity index (χ0n) is 9.32. The summed E-state index contributed by atoms with van der Waals surface area (Å²) < 4.78 is 0. The number of rotatable bonds is 1. The second kappa shape index (κ2) is 3.35. The first-order valence-electron chi connectivity index (χ1n) is 5.27. The van der Waals surface area contributed by atoms with Gasteiger partial charge in [-0.2, -0.15) is 0 Å². The van der Waals surface area contributed by atoms with Gasteiger partial charge in [-0.25, -0.2) is 0 Å². The van der Waals surface area contributed by atoms with Crippen molar-refractivity contribution in [2.75, 3.05) is 13.6 Å². The molecule has 3 heterocycles. The van der Waals surface area contributed by atoms with Crippen molar-refractivity contribution in [3.05, 3.63) is 35.8 Å². The van der Waals surface area contributed by atoms with Gasteiger partial charge < -0.3 is 9.82 Å². The molecule has 16 heavy (non-hydrogen) atoms. The molecular weight excluding hydrogens is 202 g/mol. The fourth-order valence-corrected chi connectivity index (χ4v) is 2.14. The Bertz CT molecular complexity index is 570. The number of hydrogen-bond acceptors (Lipinski definition) is 3. The fourth-order valence-electron chi connectivity index (χ4n) is 2.14. The van der Waals surface area contributed by atoms with Crippen LogP contribution in [0.1, 0.15) is 12.5 Å². The summed E-state index contributed by atoms with van der Waals surface area (Å²) in [7, 11) is 1.93. The maximum Gasteiger partial charge on any atom is 0.126 e. The van der Waals surface area contributed by atoms with Crippen LogP contribution in [0.3, 0.4) is 0 Å². The highest BCUT2D eigenvalue weighted by Crippen LogP contribution is 2.30. The molecule has 0 saturated heterocycles. The van der Waals surface area contributed by atoms with Crippen LogP contribution in [0.15, 0.2) is 30.3 Å². The number of hydrogen-bond donors (Lipinski definition) is 1. The molecule has 1 aliphatic heterocycles. The SMILES string of the molecule is CC1=C(c2ccnc3cc[nH]c23)CN(C)O1. The van der Waals surface area contributed by atoms with Crippen molar-refractivity contribution in [2.45, 2.75) is 6.92 Å². The Hall–Kier alpha value is -1.81. The molecule has 1 aliphatic rings. The molecule has 2 aromatic rings. The fraction of sp³-hybridized carbons (Fsp3) is 0.250. The summed E-state index contributed by atoms with van der Waals surface area (Å²) in [5.41, 5.74) is 4.47. The van der Waals surface area contributed by atoms with E-state index in [1.165, 1.54) is 11.1 Å². The predicted molar refractivity (Wildman–Crippen MR) is 62.4 cm³/mol. The molecule has 0 aromatic carbocycles. The molecular formula is C12H13N3O. The molecule has 0 bridgehead atoms. The molecule has 0 saturated carbocycles. The number of hydroxylamine groups is 2. The van der Waals surface area contributed by atoms with Gasteiger partial charge in [0, 0.05) is 30.6 Å². The van der Waals surface area contributed by atoms with Crippen molar-refractivity contribution in [2.24, 2.45) is 0 Å². The van der Waals surface area contributed by atoms with Crippen LogP contribution in [0.2, 0.25) is 0 Å². The van der Waals surface area contributed by atoms with Gasteiger partial charge in [-0.1, -0.05) is 0 Å². The van der Waals surface area contributed by atoms with E-state index in [-0.39, 0.29) is 0 Å². The summed E-state index contributed by atoms with van der Waals surface area (Å²) in [6.07, 6.45) is 3.75. The van der Waals surface area contributed by atoms with Crippen molar-refractivity contribution < 1.29 is 4.84 Å². The number of aromatic amines is 1. The Labute approximate surface area is 93.5 Å². The Morgan fingerprint density at radius 3 is 3.06 bits per heavy atom. The Morgan fingerprint density at radius 2 is 2.31 bits per heavy atom. The van der Waals surface area contributed by atoms with Gasteiger partial charge in [0.05, 0.1) is 17.6 Å². The largest absolute Gasteiger partial charge is 0.410 e. The third kappa shape index (κ3) is 1.31. The number of fused-ring (bicyclic) bond motifs is 1. The van der Waals surface area contributed by atoms with E-state index >= 15 is 0 Å². The number of likely N-dealkylation sites (N-methyl/N-ethyl adjacent to an activating group) is 1. The quantitative estimate of drug-likeness (QED) is 0.792. The highest BCUT2D eigenvalue weighted by Gasteiger charge is 2.21. The van der Waals surface area contributed by atoms with Crippen LogP contribution in [0.25, 0.3) is 16.6 Å². The third-order valence-corrected chi connectivity index (χ3v) is 2.87. The molecule has 3 rings (SSSR count). The zero-order chi connectivity index (χ0) is 11.1. The van der Waals surface area contributed by atoms with Gasteiger partial charge in [0.25, 0.3) is 0 Å². The van der Waals surface area contributed by atoms with E-state index in [1.54, 1.807) is 0 Å². The van der Waals surface area contributed by atoms with Crippen LogP contribution in [0.5, 0.6) is 0 Å². The summed E-state index contributed by atoms with van der Waals surface area (Å²) in [5, 5.41) is 1.83. The maximum atomic E-state index is 5.53. The topological polar surface area (TPSA) is 41.2 Å². The van der Waals surface area contributed by atoms with Crippen molar-refractivity contribution in [1.82, 2.24) is 15.0 Å². The van der Waals surface area contributed by atoms with E-state index in [2.05, 4.69) is 9.97 Å². The summed E-state index contributed by atoms with van der Waals surface area (Å²) in [6, 6.07) is 4.01. The minimum atomic E-state index is 0.809. The minimum Gasteiger partial charge on any atom is -0.410 e. The smallest absolute Gasteiger partial charge is 0.126 e. The molecule has 0 amide bonds. The van der Waals surface area contributed by atoms with E-state index in [4.69, 9.17) is 4.84 Å². The Kier molecular flexibility index (Phi) is 1.97. The monoisotopic (exact) mass is 215 g/mol. The van der Waals surface area contributed by atoms with Crippen LogP contribution < -0.4 is 0 Å². The molecule has 1 N–H and O–H groups in total. The van der Waals surface area contributed by atoms with Gasteiger partial charge in [-0.3, -0.25) is 4.98 Å². The van der Waals surface area contributed by atoms with Crippen molar-refractivity contribution in [3.63, 3.8) is 0 Å². The molecule has 4 heteroatoms. The average Bonchev–Trinajstić information content (AvgIpc) is 2.84. The Balaban J connectivity index is 2.19. The van der Waals surface area contributed by atoms with Crippen molar-refractivity contribution in [3.8, 4) is 0 Å². The lowest BCUT2D eigenvalue weighted by atomic mass is 10.1. The van der Waals surface area contributed by atoms with E-state index in [0.717, 1.165) is 23.3 Å². The molecule has 0 aliphatic carbocycles. The lowest BCUT2D eigenvalue weighted by Crippen LogP contribution is -2.12. The molecule has 2 aromatic heterocycles. The van der Waals surface area contributed by atoms with Gasteiger partial charge in [-0.15, -0.1) is 5.06 Å². The van der Waals surface area contributed by atoms with Gasteiger partial charge in [0.2, 0.25) is 0 Å². The van der Waals surface area contributed by atoms with Crippen LogP contribution in [0, 0.1) is 0 Å². The van der Waals surface area contributed by atoms with Crippen molar-refractivity contribution in [1.29, 1.82) is 0 Å². The van der Waals surface area contributed by atoms with E-state index in [0.29, 0.717) is 0 Å². The molecule has 0 atom stereocenters. The summed E-state index contributed by atoms with van der Waals surface area (Å²) in [6.45, 7) is 2.80. The molecule has 0 radical (unpaired) electrons. The van der Waals surface area contributed by atoms with Gasteiger partial charge >= 0.3 is 0 Å². The van der Waals surface area contributed by atoms with Crippen LogP contribution >= 0.6 is 0 Å². The number of H-pyrrole nitrogens is 1. The molecule has 0 spiro atoms. The maximum absolute atomic E-state index is 5.53. The predicted octanol–water partition coefficient (Wildman–Crippen LogP) is 2.17.